The first-order chi connectivity index (χ1) is 6.18. The lowest BCUT2D eigenvalue weighted by atomic mass is 10.2. The first-order valence-electron chi connectivity index (χ1n) is 5.20. The Morgan fingerprint density at radius 3 is 2.62 bits per heavy atom. The van der Waals surface area contributed by atoms with Crippen molar-refractivity contribution in [3.8, 4) is 0 Å². The van der Waals surface area contributed by atoms with Crippen molar-refractivity contribution in [3.63, 3.8) is 0 Å². The number of hydrogen-bond donors (Lipinski definition) is 1. The van der Waals surface area contributed by atoms with Gasteiger partial charge in [-0.2, -0.15) is 11.8 Å². The topological polar surface area (TPSA) is 26.0 Å². The van der Waals surface area contributed by atoms with Gasteiger partial charge < -0.3 is 5.73 Å². The van der Waals surface area contributed by atoms with Crippen LogP contribution in [0.1, 0.15) is 39.5 Å². The molecule has 1 atom stereocenters. The Kier molecular flexibility index (Phi) is 4.89. The van der Waals surface area contributed by atoms with E-state index in [0.717, 1.165) is 11.0 Å². The summed E-state index contributed by atoms with van der Waals surface area (Å²) in [6.07, 6.45) is 7.84. The van der Waals surface area contributed by atoms with Crippen molar-refractivity contribution in [2.45, 2.75) is 50.8 Å². The summed E-state index contributed by atoms with van der Waals surface area (Å²) >= 11 is 2.06. The van der Waals surface area contributed by atoms with Crippen LogP contribution in [0.25, 0.3) is 0 Å². The first kappa shape index (κ1) is 11.1. The third kappa shape index (κ3) is 4.72. The van der Waals surface area contributed by atoms with Crippen LogP contribution in [0.5, 0.6) is 0 Å². The van der Waals surface area contributed by atoms with Crippen molar-refractivity contribution in [1.29, 1.82) is 0 Å². The Labute approximate surface area is 86.2 Å². The average molecular weight is 199 g/mol. The Balaban J connectivity index is 2.14. The van der Waals surface area contributed by atoms with E-state index in [4.69, 9.17) is 5.73 Å². The summed E-state index contributed by atoms with van der Waals surface area (Å²) in [7, 11) is 0. The molecule has 0 heterocycles. The van der Waals surface area contributed by atoms with Crippen LogP contribution in [-0.4, -0.2) is 17.0 Å². The maximum atomic E-state index is 5.96. The van der Waals surface area contributed by atoms with Crippen LogP contribution in [-0.2, 0) is 0 Å². The van der Waals surface area contributed by atoms with Gasteiger partial charge in [-0.15, -0.1) is 0 Å². The molecule has 1 rings (SSSR count). The van der Waals surface area contributed by atoms with E-state index in [1.165, 1.54) is 31.3 Å². The van der Waals surface area contributed by atoms with Gasteiger partial charge in [0.1, 0.15) is 0 Å². The van der Waals surface area contributed by atoms with E-state index in [9.17, 15) is 0 Å². The van der Waals surface area contributed by atoms with E-state index >= 15 is 0 Å². The van der Waals surface area contributed by atoms with Crippen molar-refractivity contribution < 1.29 is 0 Å². The van der Waals surface area contributed by atoms with Crippen LogP contribution in [0.3, 0.4) is 0 Å². The summed E-state index contributed by atoms with van der Waals surface area (Å²) in [6.45, 7) is 4.22. The molecule has 0 spiro atoms. The maximum Gasteiger partial charge on any atom is 0.0318 e. The van der Waals surface area contributed by atoms with Gasteiger partial charge in [0.25, 0.3) is 0 Å². The molecular weight excluding hydrogens is 178 g/mol. The summed E-state index contributed by atoms with van der Waals surface area (Å²) in [5, 5.41) is 0.900. The zero-order chi connectivity index (χ0) is 9.68. The fourth-order valence-electron chi connectivity index (χ4n) is 1.78. The van der Waals surface area contributed by atoms with E-state index in [0.29, 0.717) is 0 Å². The molecule has 0 aromatic heterocycles. The summed E-state index contributed by atoms with van der Waals surface area (Å²) in [6, 6.07) is 0.260. The van der Waals surface area contributed by atoms with E-state index < -0.39 is 0 Å². The smallest absolute Gasteiger partial charge is 0.0318 e. The van der Waals surface area contributed by atoms with Gasteiger partial charge in [0.15, 0.2) is 0 Å². The van der Waals surface area contributed by atoms with Crippen LogP contribution in [0, 0.1) is 0 Å². The summed E-state index contributed by atoms with van der Waals surface area (Å²) < 4.78 is 0. The Morgan fingerprint density at radius 1 is 1.46 bits per heavy atom. The predicted octanol–water partition coefficient (Wildman–Crippen LogP) is 2.96. The van der Waals surface area contributed by atoms with E-state index in [1.54, 1.807) is 0 Å². The summed E-state index contributed by atoms with van der Waals surface area (Å²) in [4.78, 5) is 0. The third-order valence-corrected chi connectivity index (χ3v) is 3.89. The fraction of sp³-hybridized carbons (Fsp3) is 0.818. The molecule has 1 unspecified atom stereocenters. The quantitative estimate of drug-likeness (QED) is 0.704. The van der Waals surface area contributed by atoms with Crippen LogP contribution in [0.2, 0.25) is 0 Å². The predicted molar refractivity (Wildman–Crippen MR) is 62.1 cm³/mol. The lowest BCUT2D eigenvalue weighted by molar-refractivity contribution is 0.883. The molecule has 1 aliphatic carbocycles. The summed E-state index contributed by atoms with van der Waals surface area (Å²) in [5.41, 5.74) is 7.29. The zero-order valence-electron chi connectivity index (χ0n) is 8.75. The van der Waals surface area contributed by atoms with Crippen LogP contribution in [0.15, 0.2) is 11.6 Å². The molecule has 0 amide bonds. The minimum absolute atomic E-state index is 0.260. The maximum absolute atomic E-state index is 5.96. The van der Waals surface area contributed by atoms with Gasteiger partial charge in [-0.25, -0.2) is 0 Å². The lowest BCUT2D eigenvalue weighted by Crippen LogP contribution is -2.21. The van der Waals surface area contributed by atoms with Crippen molar-refractivity contribution in [1.82, 2.24) is 0 Å². The van der Waals surface area contributed by atoms with Crippen LogP contribution in [0.4, 0.5) is 0 Å². The molecule has 0 aromatic carbocycles. The average Bonchev–Trinajstić information content (AvgIpc) is 2.51. The molecule has 2 heteroatoms. The largest absolute Gasteiger partial charge is 0.324 e. The minimum atomic E-state index is 0.260. The Morgan fingerprint density at radius 2 is 2.08 bits per heavy atom. The molecule has 0 aromatic rings. The standard InChI is InChI=1S/C11H21NS/c1-9(2)7-10(12)8-13-11-5-3-4-6-11/h7,10-11H,3-6,8,12H2,1-2H3. The molecule has 1 saturated carbocycles. The Hall–Kier alpha value is 0.0500. The van der Waals surface area contributed by atoms with Crippen molar-refractivity contribution in [2.75, 3.05) is 5.75 Å². The number of hydrogen-bond acceptors (Lipinski definition) is 2. The molecule has 1 aliphatic rings. The molecule has 1 fully saturated rings. The Bertz CT molecular complexity index is 167. The molecule has 0 aliphatic heterocycles. The fourth-order valence-corrected chi connectivity index (χ4v) is 3.04. The van der Waals surface area contributed by atoms with Gasteiger partial charge in [0, 0.05) is 17.0 Å². The highest BCUT2D eigenvalue weighted by atomic mass is 32.2. The van der Waals surface area contributed by atoms with E-state index in [1.807, 2.05) is 0 Å². The highest BCUT2D eigenvalue weighted by Gasteiger charge is 2.15. The van der Waals surface area contributed by atoms with Crippen LogP contribution < -0.4 is 5.73 Å². The number of rotatable bonds is 4. The molecule has 0 saturated heterocycles. The molecule has 0 bridgehead atoms. The van der Waals surface area contributed by atoms with Gasteiger partial charge in [-0.05, 0) is 26.7 Å². The number of allylic oxidation sites excluding steroid dienone is 1. The second-order valence-corrected chi connectivity index (χ2v) is 5.48. The van der Waals surface area contributed by atoms with Gasteiger partial charge in [-0.1, -0.05) is 24.5 Å². The molecular formula is C11H21NS. The van der Waals surface area contributed by atoms with Gasteiger partial charge >= 0.3 is 0 Å². The van der Waals surface area contributed by atoms with E-state index in [-0.39, 0.29) is 6.04 Å². The normalized spacial score (nSPS) is 20.2. The van der Waals surface area contributed by atoms with Crippen LogP contribution >= 0.6 is 11.8 Å². The SMILES string of the molecule is CC(C)=CC(N)CSC1CCCC1. The molecule has 0 radical (unpaired) electrons. The van der Waals surface area contributed by atoms with Gasteiger partial charge in [0.2, 0.25) is 0 Å². The van der Waals surface area contributed by atoms with Crippen molar-refractivity contribution >= 4 is 11.8 Å². The zero-order valence-corrected chi connectivity index (χ0v) is 9.57. The van der Waals surface area contributed by atoms with E-state index in [2.05, 4.69) is 31.7 Å². The monoisotopic (exact) mass is 199 g/mol. The van der Waals surface area contributed by atoms with Gasteiger partial charge in [0.05, 0.1) is 0 Å². The molecule has 13 heavy (non-hydrogen) atoms. The number of thioether (sulfide) groups is 1. The summed E-state index contributed by atoms with van der Waals surface area (Å²) in [5.74, 6) is 1.09. The number of nitrogens with two attached hydrogens (primary N) is 1. The second-order valence-electron chi connectivity index (χ2n) is 4.15. The first-order valence-corrected chi connectivity index (χ1v) is 6.25. The third-order valence-electron chi connectivity index (χ3n) is 2.37. The lowest BCUT2D eigenvalue weighted by Gasteiger charge is -2.11. The second kappa shape index (κ2) is 5.71. The minimum Gasteiger partial charge on any atom is -0.324 e. The molecule has 76 valence electrons. The highest BCUT2D eigenvalue weighted by molar-refractivity contribution is 7.99. The molecule has 2 N–H and O–H groups in total. The highest BCUT2D eigenvalue weighted by Crippen LogP contribution is 2.29. The van der Waals surface area contributed by atoms with Crippen molar-refractivity contribution in [3.05, 3.63) is 11.6 Å². The van der Waals surface area contributed by atoms with Crippen molar-refractivity contribution in [2.24, 2.45) is 5.73 Å². The molecule has 1 nitrogen and oxygen atoms in total. The van der Waals surface area contributed by atoms with Gasteiger partial charge in [-0.3, -0.25) is 0 Å².